The van der Waals surface area contributed by atoms with Gasteiger partial charge in [0.05, 0.1) is 18.6 Å². The largest absolute Gasteiger partial charge is 0.502 e. The van der Waals surface area contributed by atoms with Crippen LogP contribution in [-0.4, -0.2) is 20.6 Å². The molecule has 3 heteroatoms. The smallest absolute Gasteiger partial charge is 0.167 e. The molecular formula is C6H9BO2. The van der Waals surface area contributed by atoms with E-state index in [0.717, 1.165) is 0 Å². The molecule has 0 amide bonds. The highest BCUT2D eigenvalue weighted by atomic mass is 16.5. The van der Waals surface area contributed by atoms with Crippen molar-refractivity contribution in [1.29, 1.82) is 0 Å². The molecule has 0 atom stereocenters. The van der Waals surface area contributed by atoms with E-state index in [1.807, 2.05) is 0 Å². The minimum absolute atomic E-state index is 0.312. The van der Waals surface area contributed by atoms with Gasteiger partial charge in [0.1, 0.15) is 0 Å². The van der Waals surface area contributed by atoms with Gasteiger partial charge in [-0.05, 0) is 0 Å². The lowest BCUT2D eigenvalue weighted by Crippen LogP contribution is -1.96. The zero-order chi connectivity index (χ0) is 7.28. The summed E-state index contributed by atoms with van der Waals surface area (Å²) in [6, 6.07) is 0. The van der Waals surface area contributed by atoms with Gasteiger partial charge in [0.25, 0.3) is 0 Å². The van der Waals surface area contributed by atoms with Crippen molar-refractivity contribution < 1.29 is 9.53 Å². The maximum Gasteiger partial charge on any atom is 0.167 e. The van der Waals surface area contributed by atoms with E-state index in [-0.39, 0.29) is 5.68 Å². The molecule has 0 N–H and O–H groups in total. The van der Waals surface area contributed by atoms with Gasteiger partial charge >= 0.3 is 0 Å². The van der Waals surface area contributed by atoms with Crippen molar-refractivity contribution in [2.24, 2.45) is 0 Å². The van der Waals surface area contributed by atoms with Crippen LogP contribution in [0.25, 0.3) is 0 Å². The molecule has 0 aliphatic heterocycles. The van der Waals surface area contributed by atoms with E-state index >= 15 is 0 Å². The number of rotatable bonds is 4. The van der Waals surface area contributed by atoms with Gasteiger partial charge in [-0.25, -0.2) is 0 Å². The SMILES string of the molecule is [B]C(=O)CCC(=C)OC. The zero-order valence-corrected chi connectivity index (χ0v) is 5.52. The summed E-state index contributed by atoms with van der Waals surface area (Å²) in [6.07, 6.45) is 0.832. The van der Waals surface area contributed by atoms with E-state index in [2.05, 4.69) is 6.58 Å². The summed E-state index contributed by atoms with van der Waals surface area (Å²) in [6.45, 7) is 3.52. The lowest BCUT2D eigenvalue weighted by Gasteiger charge is -1.99. The Morgan fingerprint density at radius 3 is 2.56 bits per heavy atom. The second-order valence-electron chi connectivity index (χ2n) is 1.71. The molecule has 0 saturated carbocycles. The molecule has 0 aromatic rings. The Balaban J connectivity index is 3.28. The zero-order valence-electron chi connectivity index (χ0n) is 5.52. The average Bonchev–Trinajstić information content (AvgIpc) is 1.83. The number of methoxy groups -OCH3 is 1. The highest BCUT2D eigenvalue weighted by molar-refractivity contribution is 6.57. The van der Waals surface area contributed by atoms with E-state index in [4.69, 9.17) is 12.6 Å². The molecule has 0 heterocycles. The number of hydrogen-bond acceptors (Lipinski definition) is 2. The maximum absolute atomic E-state index is 10.1. The van der Waals surface area contributed by atoms with Gasteiger partial charge in [-0.3, -0.25) is 0 Å². The van der Waals surface area contributed by atoms with Crippen LogP contribution < -0.4 is 0 Å². The summed E-state index contributed by atoms with van der Waals surface area (Å²) in [4.78, 5) is 10.1. The molecule has 0 aliphatic carbocycles. The van der Waals surface area contributed by atoms with Gasteiger partial charge in [0.15, 0.2) is 7.85 Å². The van der Waals surface area contributed by atoms with Crippen molar-refractivity contribution in [1.82, 2.24) is 0 Å². The Kier molecular flexibility index (Phi) is 3.85. The molecule has 2 radical (unpaired) electrons. The third-order valence-electron chi connectivity index (χ3n) is 0.939. The average molecular weight is 124 g/mol. The summed E-state index contributed by atoms with van der Waals surface area (Å²) in [7, 11) is 6.38. The van der Waals surface area contributed by atoms with Crippen LogP contribution in [0.2, 0.25) is 0 Å². The normalized spacial score (nSPS) is 8.56. The quantitative estimate of drug-likeness (QED) is 0.405. The van der Waals surface area contributed by atoms with Gasteiger partial charge in [-0.15, -0.1) is 0 Å². The van der Waals surface area contributed by atoms with Gasteiger partial charge in [0, 0.05) is 12.8 Å². The molecule has 0 aromatic heterocycles. The van der Waals surface area contributed by atoms with Crippen molar-refractivity contribution in [2.75, 3.05) is 7.11 Å². The number of hydrogen-bond donors (Lipinski definition) is 0. The first-order valence-corrected chi connectivity index (χ1v) is 2.67. The Bertz CT molecular complexity index is 120. The Morgan fingerprint density at radius 1 is 1.67 bits per heavy atom. The maximum atomic E-state index is 10.1. The standard InChI is InChI=1S/C6H9BO2/c1-5(9-2)3-4-6(7)8/h1,3-4H2,2H3. The third kappa shape index (κ3) is 5.14. The fraction of sp³-hybridized carbons (Fsp3) is 0.500. The molecule has 0 bridgehead atoms. The van der Waals surface area contributed by atoms with Crippen LogP contribution in [0.3, 0.4) is 0 Å². The molecule has 0 fully saturated rings. The third-order valence-corrected chi connectivity index (χ3v) is 0.939. The van der Waals surface area contributed by atoms with Crippen LogP contribution in [0.1, 0.15) is 12.8 Å². The summed E-state index contributed by atoms with van der Waals surface area (Å²) in [5.41, 5.74) is -0.326. The van der Waals surface area contributed by atoms with Crippen LogP contribution in [-0.2, 0) is 9.53 Å². The van der Waals surface area contributed by atoms with Crippen LogP contribution in [0.15, 0.2) is 12.3 Å². The summed E-state index contributed by atoms with van der Waals surface area (Å²) in [5, 5.41) is 0. The van der Waals surface area contributed by atoms with Gasteiger partial charge in [0.2, 0.25) is 0 Å². The first-order valence-electron chi connectivity index (χ1n) is 2.67. The highest BCUT2D eigenvalue weighted by Crippen LogP contribution is 2.00. The van der Waals surface area contributed by atoms with Crippen LogP contribution in [0.4, 0.5) is 0 Å². The Labute approximate surface area is 56.3 Å². The highest BCUT2D eigenvalue weighted by Gasteiger charge is 1.94. The van der Waals surface area contributed by atoms with Crippen LogP contribution in [0.5, 0.6) is 0 Å². The summed E-state index contributed by atoms with van der Waals surface area (Å²) < 4.78 is 4.70. The van der Waals surface area contributed by atoms with Gasteiger partial charge in [-0.1, -0.05) is 6.58 Å². The number of carbonyl (C=O) groups is 1. The van der Waals surface area contributed by atoms with E-state index in [1.165, 1.54) is 7.11 Å². The topological polar surface area (TPSA) is 26.3 Å². The molecule has 0 aliphatic rings. The predicted molar refractivity (Wildman–Crippen MR) is 36.1 cm³/mol. The molecule has 2 nitrogen and oxygen atoms in total. The van der Waals surface area contributed by atoms with Crippen molar-refractivity contribution in [2.45, 2.75) is 12.8 Å². The fourth-order valence-electron chi connectivity index (χ4n) is 0.365. The molecule has 0 aromatic carbocycles. The first-order chi connectivity index (χ1) is 4.16. The van der Waals surface area contributed by atoms with Crippen molar-refractivity contribution in [3.8, 4) is 0 Å². The molecule has 0 rings (SSSR count). The van der Waals surface area contributed by atoms with E-state index in [9.17, 15) is 4.79 Å². The van der Waals surface area contributed by atoms with Gasteiger partial charge in [-0.2, -0.15) is 0 Å². The minimum Gasteiger partial charge on any atom is -0.502 e. The summed E-state index contributed by atoms with van der Waals surface area (Å²) >= 11 is 0. The number of carbonyl (C=O) groups excluding carboxylic acids is 1. The number of ether oxygens (including phenoxy) is 1. The number of allylic oxidation sites excluding steroid dienone is 1. The molecular weight excluding hydrogens is 115 g/mol. The van der Waals surface area contributed by atoms with E-state index < -0.39 is 0 Å². The van der Waals surface area contributed by atoms with E-state index in [1.54, 1.807) is 0 Å². The molecule has 9 heavy (non-hydrogen) atoms. The van der Waals surface area contributed by atoms with Gasteiger partial charge < -0.3 is 9.53 Å². The second kappa shape index (κ2) is 4.18. The van der Waals surface area contributed by atoms with Crippen LogP contribution in [0, 0.1) is 0 Å². The van der Waals surface area contributed by atoms with Crippen molar-refractivity contribution in [3.05, 3.63) is 12.3 Å². The second-order valence-corrected chi connectivity index (χ2v) is 1.71. The fourth-order valence-corrected chi connectivity index (χ4v) is 0.365. The van der Waals surface area contributed by atoms with Crippen molar-refractivity contribution >= 4 is 13.5 Å². The van der Waals surface area contributed by atoms with Crippen LogP contribution >= 0.6 is 0 Å². The Hall–Kier alpha value is -0.725. The minimum atomic E-state index is -0.326. The molecule has 0 unspecified atom stereocenters. The first kappa shape index (κ1) is 8.27. The predicted octanol–water partition coefficient (Wildman–Crippen LogP) is 0.622. The molecule has 0 spiro atoms. The monoisotopic (exact) mass is 124 g/mol. The molecule has 48 valence electrons. The lowest BCUT2D eigenvalue weighted by atomic mass is 9.98. The summed E-state index contributed by atoms with van der Waals surface area (Å²) in [5.74, 6) is 0.591. The van der Waals surface area contributed by atoms with E-state index in [0.29, 0.717) is 18.6 Å². The Morgan fingerprint density at radius 2 is 2.22 bits per heavy atom. The lowest BCUT2D eigenvalue weighted by molar-refractivity contribution is -0.111. The van der Waals surface area contributed by atoms with Crippen molar-refractivity contribution in [3.63, 3.8) is 0 Å². The molecule has 0 saturated heterocycles.